The van der Waals surface area contributed by atoms with Crippen molar-refractivity contribution in [3.05, 3.63) is 24.0 Å². The molecule has 0 amide bonds. The summed E-state index contributed by atoms with van der Waals surface area (Å²) in [7, 11) is 0. The Bertz CT molecular complexity index is 240. The van der Waals surface area contributed by atoms with Gasteiger partial charge in [0.25, 0.3) is 0 Å². The quantitative estimate of drug-likeness (QED) is 0.705. The Morgan fingerprint density at radius 3 is 3.08 bits per heavy atom. The van der Waals surface area contributed by atoms with Crippen LogP contribution in [0.3, 0.4) is 0 Å². The first-order chi connectivity index (χ1) is 5.83. The van der Waals surface area contributed by atoms with E-state index in [0.717, 1.165) is 11.8 Å². The summed E-state index contributed by atoms with van der Waals surface area (Å²) in [5, 5.41) is 0. The molecule has 0 radical (unpaired) electrons. The third-order valence-electron chi connectivity index (χ3n) is 2.94. The van der Waals surface area contributed by atoms with E-state index >= 15 is 0 Å². The first-order valence-electron chi connectivity index (χ1n) is 4.71. The average molecular weight is 164 g/mol. The maximum absolute atomic E-state index is 6.08. The van der Waals surface area contributed by atoms with Crippen molar-refractivity contribution in [3.8, 4) is 0 Å². The lowest BCUT2D eigenvalue weighted by molar-refractivity contribution is 0.557. The highest BCUT2D eigenvalue weighted by atomic mass is 14.8. The molecule has 1 saturated carbocycles. The minimum Gasteiger partial charge on any atom is -0.364 e. The number of nitrogens with one attached hydrogen (secondary N) is 1. The third-order valence-corrected chi connectivity index (χ3v) is 2.94. The Balaban J connectivity index is 1.99. The predicted octanol–water partition coefficient (Wildman–Crippen LogP) is 2.06. The van der Waals surface area contributed by atoms with Crippen molar-refractivity contribution in [2.75, 3.05) is 0 Å². The number of hydrogen-bond donors (Lipinski definition) is 2. The molecule has 1 aromatic heterocycles. The zero-order valence-electron chi connectivity index (χ0n) is 7.46. The Morgan fingerprint density at radius 1 is 1.75 bits per heavy atom. The zero-order valence-corrected chi connectivity index (χ0v) is 7.46. The van der Waals surface area contributed by atoms with Gasteiger partial charge >= 0.3 is 0 Å². The molecule has 3 N–H and O–H groups in total. The molecule has 1 aliphatic carbocycles. The van der Waals surface area contributed by atoms with Crippen molar-refractivity contribution in [1.29, 1.82) is 0 Å². The molecule has 2 heteroatoms. The molecule has 1 fully saturated rings. The summed E-state index contributed by atoms with van der Waals surface area (Å²) in [4.78, 5) is 3.18. The van der Waals surface area contributed by atoms with E-state index in [1.165, 1.54) is 18.5 Å². The van der Waals surface area contributed by atoms with Crippen LogP contribution >= 0.6 is 0 Å². The second-order valence-electron chi connectivity index (χ2n) is 3.72. The lowest BCUT2D eigenvalue weighted by Gasteiger charge is -2.08. The molecular formula is C10H16N2. The molecule has 66 valence electrons. The second-order valence-corrected chi connectivity index (χ2v) is 3.72. The van der Waals surface area contributed by atoms with Gasteiger partial charge in [-0.1, -0.05) is 13.3 Å². The summed E-state index contributed by atoms with van der Waals surface area (Å²) in [5.41, 5.74) is 7.27. The normalized spacial score (nSPS) is 30.2. The van der Waals surface area contributed by atoms with E-state index in [2.05, 4.69) is 18.0 Å². The van der Waals surface area contributed by atoms with Crippen LogP contribution in [0.15, 0.2) is 18.3 Å². The van der Waals surface area contributed by atoms with Crippen molar-refractivity contribution in [2.45, 2.75) is 25.8 Å². The molecule has 1 aliphatic rings. The fourth-order valence-electron chi connectivity index (χ4n) is 1.96. The molecule has 0 aromatic carbocycles. The third kappa shape index (κ3) is 1.27. The lowest BCUT2D eigenvalue weighted by atomic mass is 10.1. The van der Waals surface area contributed by atoms with Crippen LogP contribution in [0, 0.1) is 11.8 Å². The number of hydrogen-bond acceptors (Lipinski definition) is 1. The summed E-state index contributed by atoms with van der Waals surface area (Å²) in [6.45, 7) is 2.24. The maximum Gasteiger partial charge on any atom is 0.0479 e. The largest absolute Gasteiger partial charge is 0.364 e. The molecule has 2 rings (SSSR count). The highest BCUT2D eigenvalue weighted by molar-refractivity contribution is 5.13. The summed E-state index contributed by atoms with van der Waals surface area (Å²) in [6.07, 6.45) is 4.54. The van der Waals surface area contributed by atoms with Crippen molar-refractivity contribution in [1.82, 2.24) is 4.98 Å². The van der Waals surface area contributed by atoms with Gasteiger partial charge in [-0.3, -0.25) is 0 Å². The summed E-state index contributed by atoms with van der Waals surface area (Å²) < 4.78 is 0. The summed E-state index contributed by atoms with van der Waals surface area (Å²) >= 11 is 0. The molecule has 0 spiro atoms. The van der Waals surface area contributed by atoms with Gasteiger partial charge in [-0.2, -0.15) is 0 Å². The summed E-state index contributed by atoms with van der Waals surface area (Å²) in [5.74, 6) is 1.61. The van der Waals surface area contributed by atoms with Gasteiger partial charge < -0.3 is 10.7 Å². The highest BCUT2D eigenvalue weighted by Crippen LogP contribution is 2.47. The Kier molecular flexibility index (Phi) is 1.93. The van der Waals surface area contributed by atoms with Crippen molar-refractivity contribution in [3.63, 3.8) is 0 Å². The van der Waals surface area contributed by atoms with Crippen molar-refractivity contribution >= 4 is 0 Å². The fraction of sp³-hybridized carbons (Fsp3) is 0.600. The van der Waals surface area contributed by atoms with Crippen LogP contribution in [-0.4, -0.2) is 4.98 Å². The van der Waals surface area contributed by atoms with Crippen LogP contribution in [0.25, 0.3) is 0 Å². The van der Waals surface area contributed by atoms with E-state index in [-0.39, 0.29) is 6.04 Å². The standard InChI is InChI=1S/C10H16N2/c1-2-7-6-8(7)10(11)9-4-3-5-12-9/h3-5,7-8,10,12H,2,6,11H2,1H3. The number of H-pyrrole nitrogens is 1. The molecular weight excluding hydrogens is 148 g/mol. The minimum absolute atomic E-state index is 0.241. The van der Waals surface area contributed by atoms with Gasteiger partial charge in [-0.15, -0.1) is 0 Å². The van der Waals surface area contributed by atoms with Crippen LogP contribution in [0.4, 0.5) is 0 Å². The van der Waals surface area contributed by atoms with Crippen LogP contribution in [0.5, 0.6) is 0 Å². The van der Waals surface area contributed by atoms with E-state index in [0.29, 0.717) is 0 Å². The van der Waals surface area contributed by atoms with E-state index in [4.69, 9.17) is 5.73 Å². The molecule has 2 nitrogen and oxygen atoms in total. The molecule has 12 heavy (non-hydrogen) atoms. The molecule has 0 bridgehead atoms. The van der Waals surface area contributed by atoms with E-state index < -0.39 is 0 Å². The van der Waals surface area contributed by atoms with Gasteiger partial charge in [0.15, 0.2) is 0 Å². The van der Waals surface area contributed by atoms with Crippen LogP contribution < -0.4 is 5.73 Å². The van der Waals surface area contributed by atoms with Crippen molar-refractivity contribution < 1.29 is 0 Å². The smallest absolute Gasteiger partial charge is 0.0479 e. The van der Waals surface area contributed by atoms with Crippen LogP contribution in [0.1, 0.15) is 31.5 Å². The van der Waals surface area contributed by atoms with E-state index in [1.807, 2.05) is 12.3 Å². The topological polar surface area (TPSA) is 41.8 Å². The predicted molar refractivity (Wildman–Crippen MR) is 49.6 cm³/mol. The number of nitrogens with two attached hydrogens (primary N) is 1. The molecule has 0 aliphatic heterocycles. The van der Waals surface area contributed by atoms with Crippen LogP contribution in [0.2, 0.25) is 0 Å². The monoisotopic (exact) mass is 164 g/mol. The SMILES string of the molecule is CCC1CC1C(N)c1ccc[nH]1. The number of rotatable bonds is 3. The Morgan fingerprint density at radius 2 is 2.58 bits per heavy atom. The number of aromatic nitrogens is 1. The minimum atomic E-state index is 0.241. The highest BCUT2D eigenvalue weighted by Gasteiger charge is 2.40. The van der Waals surface area contributed by atoms with Gasteiger partial charge in [0.2, 0.25) is 0 Å². The van der Waals surface area contributed by atoms with Gasteiger partial charge in [-0.25, -0.2) is 0 Å². The average Bonchev–Trinajstić information content (AvgIpc) is 2.68. The van der Waals surface area contributed by atoms with Gasteiger partial charge in [0.05, 0.1) is 0 Å². The van der Waals surface area contributed by atoms with Gasteiger partial charge in [0.1, 0.15) is 0 Å². The molecule has 3 unspecified atom stereocenters. The Labute approximate surface area is 73.2 Å². The molecule has 1 heterocycles. The molecule has 3 atom stereocenters. The second kappa shape index (κ2) is 2.94. The lowest BCUT2D eigenvalue weighted by Crippen LogP contribution is -2.13. The zero-order chi connectivity index (χ0) is 8.55. The van der Waals surface area contributed by atoms with E-state index in [9.17, 15) is 0 Å². The van der Waals surface area contributed by atoms with Crippen molar-refractivity contribution in [2.24, 2.45) is 17.6 Å². The Hall–Kier alpha value is -0.760. The van der Waals surface area contributed by atoms with E-state index in [1.54, 1.807) is 0 Å². The summed E-state index contributed by atoms with van der Waals surface area (Å²) in [6, 6.07) is 4.33. The van der Waals surface area contributed by atoms with Gasteiger partial charge in [0, 0.05) is 17.9 Å². The number of aromatic amines is 1. The molecule has 1 aromatic rings. The fourth-order valence-corrected chi connectivity index (χ4v) is 1.96. The first kappa shape index (κ1) is 7.87. The molecule has 0 saturated heterocycles. The first-order valence-corrected chi connectivity index (χ1v) is 4.71. The maximum atomic E-state index is 6.08. The van der Waals surface area contributed by atoms with Gasteiger partial charge in [-0.05, 0) is 30.4 Å². The van der Waals surface area contributed by atoms with Crippen LogP contribution in [-0.2, 0) is 0 Å².